The fourth-order valence-electron chi connectivity index (χ4n) is 4.91. The highest BCUT2D eigenvalue weighted by Crippen LogP contribution is 2.31. The van der Waals surface area contributed by atoms with Crippen LogP contribution in [0.4, 0.5) is 0 Å². The van der Waals surface area contributed by atoms with E-state index in [4.69, 9.17) is 9.40 Å². The molecule has 188 valence electrons. The molecule has 2 heterocycles. The van der Waals surface area contributed by atoms with Crippen LogP contribution in [0.3, 0.4) is 0 Å². The van der Waals surface area contributed by atoms with Crippen LogP contribution in [0.15, 0.2) is 81.3 Å². The van der Waals surface area contributed by atoms with Crippen molar-refractivity contribution in [2.24, 2.45) is 11.8 Å². The third-order valence-corrected chi connectivity index (χ3v) is 8.02. The molecule has 2 aromatic carbocycles. The monoisotopic (exact) mass is 512 g/mol. The van der Waals surface area contributed by atoms with E-state index in [9.17, 15) is 14.9 Å². The smallest absolute Gasteiger partial charge is 0.262 e. The van der Waals surface area contributed by atoms with Crippen molar-refractivity contribution in [3.05, 3.63) is 94.2 Å². The van der Waals surface area contributed by atoms with Gasteiger partial charge in [0.15, 0.2) is 5.16 Å². The zero-order valence-electron chi connectivity index (χ0n) is 20.4. The molecule has 37 heavy (non-hydrogen) atoms. The molecule has 0 unspecified atom stereocenters. The van der Waals surface area contributed by atoms with Crippen molar-refractivity contribution >= 4 is 28.6 Å². The molecule has 8 heteroatoms. The minimum atomic E-state index is -0.0417. The van der Waals surface area contributed by atoms with Crippen LogP contribution < -0.4 is 10.9 Å². The topological polar surface area (TPSA) is 101 Å². The number of amides is 1. The van der Waals surface area contributed by atoms with E-state index < -0.39 is 0 Å². The van der Waals surface area contributed by atoms with Gasteiger partial charge in [0.25, 0.3) is 5.56 Å². The number of rotatable bonds is 8. The van der Waals surface area contributed by atoms with E-state index in [2.05, 4.69) is 11.4 Å². The Morgan fingerprint density at radius 3 is 2.65 bits per heavy atom. The summed E-state index contributed by atoms with van der Waals surface area (Å²) in [4.78, 5) is 31.0. The summed E-state index contributed by atoms with van der Waals surface area (Å²) in [5.74, 6) is 1.63. The number of carbonyl (C=O) groups excluding carboxylic acids is 1. The lowest BCUT2D eigenvalue weighted by atomic mass is 9.81. The van der Waals surface area contributed by atoms with Crippen LogP contribution in [0.1, 0.15) is 42.6 Å². The minimum Gasteiger partial charge on any atom is -0.467 e. The summed E-state index contributed by atoms with van der Waals surface area (Å²) in [6.45, 7) is 0.971. The number of benzene rings is 2. The first-order valence-electron chi connectivity index (χ1n) is 12.5. The van der Waals surface area contributed by atoms with Gasteiger partial charge in [0, 0.05) is 18.2 Å². The normalized spacial score (nSPS) is 17.4. The lowest BCUT2D eigenvalue weighted by molar-refractivity contribution is -0.126. The Balaban J connectivity index is 1.29. The van der Waals surface area contributed by atoms with Crippen LogP contribution in [0.5, 0.6) is 0 Å². The predicted octanol–water partition coefficient (Wildman–Crippen LogP) is 5.28. The van der Waals surface area contributed by atoms with Crippen molar-refractivity contribution < 1.29 is 9.21 Å². The zero-order chi connectivity index (χ0) is 25.6. The van der Waals surface area contributed by atoms with Gasteiger partial charge in [-0.15, -0.1) is 0 Å². The van der Waals surface area contributed by atoms with Gasteiger partial charge in [-0.25, -0.2) is 4.98 Å². The molecule has 0 atom stereocenters. The van der Waals surface area contributed by atoms with Gasteiger partial charge in [-0.3, -0.25) is 14.2 Å². The molecular weight excluding hydrogens is 484 g/mol. The lowest BCUT2D eigenvalue weighted by Gasteiger charge is -2.28. The third kappa shape index (κ3) is 5.78. The molecule has 1 amide bonds. The van der Waals surface area contributed by atoms with Crippen molar-refractivity contribution in [3.63, 3.8) is 0 Å². The Kier molecular flexibility index (Phi) is 7.71. The zero-order valence-corrected chi connectivity index (χ0v) is 21.2. The number of thioether (sulfide) groups is 1. The summed E-state index contributed by atoms with van der Waals surface area (Å²) < 4.78 is 7.09. The molecule has 0 spiro atoms. The van der Waals surface area contributed by atoms with Crippen LogP contribution in [0.25, 0.3) is 10.9 Å². The number of para-hydroxylation sites is 1. The Morgan fingerprint density at radius 2 is 1.86 bits per heavy atom. The molecular formula is C29H28N4O3S. The molecule has 2 aromatic heterocycles. The second-order valence-electron chi connectivity index (χ2n) is 9.40. The molecule has 1 N–H and O–H groups in total. The highest BCUT2D eigenvalue weighted by molar-refractivity contribution is 7.98. The number of furan rings is 1. The van der Waals surface area contributed by atoms with E-state index in [0.717, 1.165) is 37.0 Å². The molecule has 5 rings (SSSR count). The van der Waals surface area contributed by atoms with Gasteiger partial charge in [-0.05, 0) is 67.5 Å². The van der Waals surface area contributed by atoms with E-state index in [1.165, 1.54) is 11.8 Å². The van der Waals surface area contributed by atoms with Crippen molar-refractivity contribution in [1.82, 2.24) is 14.9 Å². The summed E-state index contributed by atoms with van der Waals surface area (Å²) in [5.41, 5.74) is 2.19. The first-order valence-corrected chi connectivity index (χ1v) is 13.5. The molecule has 1 aliphatic rings. The molecule has 0 saturated heterocycles. The molecule has 1 aliphatic carbocycles. The van der Waals surface area contributed by atoms with E-state index >= 15 is 0 Å². The van der Waals surface area contributed by atoms with E-state index in [1.807, 2.05) is 54.6 Å². The minimum absolute atomic E-state index is 0.0195. The van der Waals surface area contributed by atoms with Crippen molar-refractivity contribution in [1.29, 1.82) is 5.26 Å². The summed E-state index contributed by atoms with van der Waals surface area (Å²) in [7, 11) is 0. The van der Waals surface area contributed by atoms with E-state index in [0.29, 0.717) is 46.4 Å². The third-order valence-electron chi connectivity index (χ3n) is 7.00. The molecule has 7 nitrogen and oxygen atoms in total. The highest BCUT2D eigenvalue weighted by atomic mass is 32.2. The largest absolute Gasteiger partial charge is 0.467 e. The van der Waals surface area contributed by atoms with Gasteiger partial charge in [0.1, 0.15) is 5.76 Å². The second kappa shape index (κ2) is 11.5. The molecule has 0 bridgehead atoms. The van der Waals surface area contributed by atoms with Crippen LogP contribution in [0, 0.1) is 23.2 Å². The molecule has 0 radical (unpaired) electrons. The maximum absolute atomic E-state index is 13.5. The number of nitrogens with zero attached hydrogens (tertiary/aromatic N) is 3. The van der Waals surface area contributed by atoms with Gasteiger partial charge in [-0.2, -0.15) is 5.26 Å². The average Bonchev–Trinajstić information content (AvgIpc) is 3.47. The maximum atomic E-state index is 13.5. The average molecular weight is 513 g/mol. The maximum Gasteiger partial charge on any atom is 0.262 e. The predicted molar refractivity (Wildman–Crippen MR) is 143 cm³/mol. The first-order chi connectivity index (χ1) is 18.1. The quantitative estimate of drug-likeness (QED) is 0.255. The Labute approximate surface area is 219 Å². The van der Waals surface area contributed by atoms with E-state index in [1.54, 1.807) is 16.9 Å². The number of fused-ring (bicyclic) bond motifs is 1. The second-order valence-corrected chi connectivity index (χ2v) is 10.3. The van der Waals surface area contributed by atoms with Crippen LogP contribution in [-0.2, 0) is 23.6 Å². The lowest BCUT2D eigenvalue weighted by Crippen LogP contribution is -2.34. The molecule has 1 saturated carbocycles. The summed E-state index contributed by atoms with van der Waals surface area (Å²) in [6.07, 6.45) is 4.94. The number of hydrogen-bond donors (Lipinski definition) is 1. The Bertz CT molecular complexity index is 1480. The Morgan fingerprint density at radius 1 is 1.08 bits per heavy atom. The number of nitriles is 1. The molecule has 1 fully saturated rings. The van der Waals surface area contributed by atoms with E-state index in [-0.39, 0.29) is 17.4 Å². The summed E-state index contributed by atoms with van der Waals surface area (Å²) >= 11 is 1.49. The summed E-state index contributed by atoms with van der Waals surface area (Å²) in [5, 5.41) is 13.7. The molecule has 0 aliphatic heterocycles. The number of aromatic nitrogens is 2. The number of hydrogen-bond acceptors (Lipinski definition) is 6. The van der Waals surface area contributed by atoms with Crippen molar-refractivity contribution in [3.8, 4) is 6.07 Å². The van der Waals surface area contributed by atoms with Crippen molar-refractivity contribution in [2.75, 3.05) is 0 Å². The highest BCUT2D eigenvalue weighted by Gasteiger charge is 2.27. The van der Waals surface area contributed by atoms with Crippen LogP contribution >= 0.6 is 11.8 Å². The molecule has 4 aromatic rings. The van der Waals surface area contributed by atoms with Gasteiger partial charge in [0.2, 0.25) is 5.91 Å². The van der Waals surface area contributed by atoms with Crippen LogP contribution in [-0.4, -0.2) is 15.5 Å². The van der Waals surface area contributed by atoms with Gasteiger partial charge >= 0.3 is 0 Å². The SMILES string of the molecule is N#Cc1ccccc1CSc1nc2ccccc2c(=O)n1CC1CCC(C(=O)NCc2ccco2)CC1. The Hall–Kier alpha value is -3.83. The fraction of sp³-hybridized carbons (Fsp3) is 0.310. The first kappa shape index (κ1) is 24.8. The van der Waals surface area contributed by atoms with Gasteiger partial charge < -0.3 is 9.73 Å². The fourth-order valence-corrected chi connectivity index (χ4v) is 5.93. The van der Waals surface area contributed by atoms with Crippen LogP contribution in [0.2, 0.25) is 0 Å². The van der Waals surface area contributed by atoms with Gasteiger partial charge in [-0.1, -0.05) is 42.1 Å². The van der Waals surface area contributed by atoms with Crippen molar-refractivity contribution in [2.45, 2.75) is 49.7 Å². The number of nitrogens with one attached hydrogen (secondary N) is 1. The van der Waals surface area contributed by atoms with Gasteiger partial charge in [0.05, 0.1) is 35.3 Å². The number of carbonyl (C=O) groups is 1. The summed E-state index contributed by atoms with van der Waals surface area (Å²) in [6, 6.07) is 20.8. The standard InChI is InChI=1S/C29H28N4O3S/c30-16-22-6-1-2-7-23(22)19-37-29-32-26-10-4-3-9-25(26)28(35)33(29)18-20-11-13-21(14-12-20)27(34)31-17-24-8-5-15-36-24/h1-10,15,20-21H,11-14,17-19H2,(H,31,34).